The van der Waals surface area contributed by atoms with Gasteiger partial charge < -0.3 is 15.1 Å². The normalized spacial score (nSPS) is 16.1. The van der Waals surface area contributed by atoms with Crippen LogP contribution in [0.4, 0.5) is 11.4 Å². The maximum atomic E-state index is 12.7. The second-order valence-corrected chi connectivity index (χ2v) is 7.91. The highest BCUT2D eigenvalue weighted by atomic mass is 16.1. The number of likely N-dealkylation sites (N-methyl/N-ethyl adjacent to an activating group) is 1. The number of amides is 1. The van der Waals surface area contributed by atoms with Gasteiger partial charge in [0.1, 0.15) is 0 Å². The Labute approximate surface area is 177 Å². The van der Waals surface area contributed by atoms with Crippen LogP contribution in [0.25, 0.3) is 11.4 Å². The summed E-state index contributed by atoms with van der Waals surface area (Å²) < 4.78 is 0. The standard InChI is InChI=1S/C24H27N5O/c1-17-22(15-25-23(26-17)18-7-5-4-6-8-18)24(30)27-19-9-11-20(12-10-19)29-14-13-21(16-29)28(2)3/h4-12,15,21H,13-14,16H2,1-3H3,(H,27,30). The molecule has 0 radical (unpaired) electrons. The molecule has 1 amide bonds. The minimum absolute atomic E-state index is 0.200. The van der Waals surface area contributed by atoms with Crippen molar-refractivity contribution in [2.45, 2.75) is 19.4 Å². The second kappa shape index (κ2) is 8.63. The van der Waals surface area contributed by atoms with Crippen LogP contribution in [0.3, 0.4) is 0 Å². The number of anilines is 2. The highest BCUT2D eigenvalue weighted by Gasteiger charge is 2.24. The first-order valence-corrected chi connectivity index (χ1v) is 10.2. The molecule has 1 fully saturated rings. The lowest BCUT2D eigenvalue weighted by Gasteiger charge is -2.22. The van der Waals surface area contributed by atoms with Gasteiger partial charge in [-0.05, 0) is 51.7 Å². The SMILES string of the molecule is Cc1nc(-c2ccccc2)ncc1C(=O)Nc1ccc(N2CCC(N(C)C)C2)cc1. The lowest BCUT2D eigenvalue weighted by Crippen LogP contribution is -2.31. The smallest absolute Gasteiger partial charge is 0.259 e. The summed E-state index contributed by atoms with van der Waals surface area (Å²) in [6.45, 7) is 3.92. The number of benzene rings is 2. The number of aryl methyl sites for hydroxylation is 1. The zero-order chi connectivity index (χ0) is 21.1. The molecule has 4 rings (SSSR count). The fourth-order valence-corrected chi connectivity index (χ4v) is 3.77. The Morgan fingerprint density at radius 1 is 1.10 bits per heavy atom. The first-order valence-electron chi connectivity index (χ1n) is 10.2. The summed E-state index contributed by atoms with van der Waals surface area (Å²) in [5, 5.41) is 2.96. The largest absolute Gasteiger partial charge is 0.370 e. The molecule has 1 aliphatic heterocycles. The number of carbonyl (C=O) groups excluding carboxylic acids is 1. The van der Waals surface area contributed by atoms with E-state index in [1.807, 2.05) is 49.4 Å². The van der Waals surface area contributed by atoms with Crippen LogP contribution in [-0.4, -0.2) is 54.0 Å². The lowest BCUT2D eigenvalue weighted by atomic mass is 10.1. The molecule has 2 aromatic carbocycles. The van der Waals surface area contributed by atoms with Crippen LogP contribution in [-0.2, 0) is 0 Å². The zero-order valence-corrected chi connectivity index (χ0v) is 17.7. The Morgan fingerprint density at radius 3 is 2.47 bits per heavy atom. The van der Waals surface area contributed by atoms with Crippen LogP contribution >= 0.6 is 0 Å². The molecule has 0 spiro atoms. The molecule has 1 aliphatic rings. The van der Waals surface area contributed by atoms with E-state index in [9.17, 15) is 4.79 Å². The van der Waals surface area contributed by atoms with Crippen molar-refractivity contribution in [1.82, 2.24) is 14.9 Å². The Hall–Kier alpha value is -3.25. The van der Waals surface area contributed by atoms with Crippen LogP contribution in [0.5, 0.6) is 0 Å². The first-order chi connectivity index (χ1) is 14.5. The molecular formula is C24H27N5O. The van der Waals surface area contributed by atoms with Gasteiger partial charge in [-0.3, -0.25) is 4.79 Å². The van der Waals surface area contributed by atoms with E-state index in [0.717, 1.165) is 24.3 Å². The third-order valence-electron chi connectivity index (χ3n) is 5.64. The maximum Gasteiger partial charge on any atom is 0.259 e. The summed E-state index contributed by atoms with van der Waals surface area (Å²) in [5.41, 5.74) is 4.01. The van der Waals surface area contributed by atoms with Gasteiger partial charge in [0.2, 0.25) is 0 Å². The van der Waals surface area contributed by atoms with E-state index < -0.39 is 0 Å². The summed E-state index contributed by atoms with van der Waals surface area (Å²) in [5.74, 6) is 0.421. The number of hydrogen-bond donors (Lipinski definition) is 1. The van der Waals surface area contributed by atoms with E-state index in [0.29, 0.717) is 23.1 Å². The minimum atomic E-state index is -0.200. The van der Waals surface area contributed by atoms with Crippen LogP contribution in [0.1, 0.15) is 22.5 Å². The number of aromatic nitrogens is 2. The summed E-state index contributed by atoms with van der Waals surface area (Å²) in [4.78, 5) is 26.3. The van der Waals surface area contributed by atoms with E-state index in [1.165, 1.54) is 12.1 Å². The Balaban J connectivity index is 1.43. The monoisotopic (exact) mass is 401 g/mol. The van der Waals surface area contributed by atoms with Crippen molar-refractivity contribution < 1.29 is 4.79 Å². The summed E-state index contributed by atoms with van der Waals surface area (Å²) >= 11 is 0. The van der Waals surface area contributed by atoms with Crippen LogP contribution in [0.2, 0.25) is 0 Å². The molecule has 0 aliphatic carbocycles. The van der Waals surface area contributed by atoms with Gasteiger partial charge in [0, 0.05) is 42.3 Å². The lowest BCUT2D eigenvalue weighted by molar-refractivity contribution is 0.102. The van der Waals surface area contributed by atoms with Gasteiger partial charge in [-0.25, -0.2) is 9.97 Å². The van der Waals surface area contributed by atoms with Crippen molar-refractivity contribution in [3.63, 3.8) is 0 Å². The molecule has 6 heteroatoms. The van der Waals surface area contributed by atoms with Crippen LogP contribution < -0.4 is 10.2 Å². The summed E-state index contributed by atoms with van der Waals surface area (Å²) in [6, 6.07) is 18.4. The van der Waals surface area contributed by atoms with E-state index in [2.05, 4.69) is 51.3 Å². The van der Waals surface area contributed by atoms with Crippen molar-refractivity contribution in [2.24, 2.45) is 0 Å². The first kappa shape index (κ1) is 20.0. The number of rotatable bonds is 5. The predicted molar refractivity (Wildman–Crippen MR) is 121 cm³/mol. The van der Waals surface area contributed by atoms with E-state index >= 15 is 0 Å². The van der Waals surface area contributed by atoms with Gasteiger partial charge in [0.25, 0.3) is 5.91 Å². The fraction of sp³-hybridized carbons (Fsp3) is 0.292. The second-order valence-electron chi connectivity index (χ2n) is 7.91. The van der Waals surface area contributed by atoms with Crippen molar-refractivity contribution in [2.75, 3.05) is 37.4 Å². The molecule has 3 aromatic rings. The molecule has 1 unspecified atom stereocenters. The van der Waals surface area contributed by atoms with Gasteiger partial charge in [0.05, 0.1) is 11.3 Å². The van der Waals surface area contributed by atoms with Crippen LogP contribution in [0.15, 0.2) is 60.8 Å². The Kier molecular flexibility index (Phi) is 5.77. The van der Waals surface area contributed by atoms with Gasteiger partial charge in [0.15, 0.2) is 5.82 Å². The summed E-state index contributed by atoms with van der Waals surface area (Å²) in [7, 11) is 4.26. The Morgan fingerprint density at radius 2 is 1.83 bits per heavy atom. The summed E-state index contributed by atoms with van der Waals surface area (Å²) in [6.07, 6.45) is 2.77. The molecule has 0 bridgehead atoms. The number of nitrogens with zero attached hydrogens (tertiary/aromatic N) is 4. The third kappa shape index (κ3) is 4.33. The number of nitrogens with one attached hydrogen (secondary N) is 1. The molecule has 0 saturated carbocycles. The average molecular weight is 402 g/mol. The van der Waals surface area contributed by atoms with Gasteiger partial charge in [-0.1, -0.05) is 30.3 Å². The fourth-order valence-electron chi connectivity index (χ4n) is 3.77. The molecular weight excluding hydrogens is 374 g/mol. The average Bonchev–Trinajstić information content (AvgIpc) is 3.25. The number of carbonyl (C=O) groups is 1. The molecule has 1 saturated heterocycles. The predicted octanol–water partition coefficient (Wildman–Crippen LogP) is 3.84. The Bertz CT molecular complexity index is 1020. The van der Waals surface area contributed by atoms with Crippen molar-refractivity contribution in [1.29, 1.82) is 0 Å². The maximum absolute atomic E-state index is 12.7. The highest BCUT2D eigenvalue weighted by molar-refractivity contribution is 6.04. The van der Waals surface area contributed by atoms with Crippen molar-refractivity contribution in [3.05, 3.63) is 72.1 Å². The molecule has 1 atom stereocenters. The quantitative estimate of drug-likeness (QED) is 0.704. The molecule has 1 aromatic heterocycles. The number of hydrogen-bond acceptors (Lipinski definition) is 5. The van der Waals surface area contributed by atoms with E-state index in [-0.39, 0.29) is 5.91 Å². The van der Waals surface area contributed by atoms with Crippen molar-refractivity contribution >= 4 is 17.3 Å². The van der Waals surface area contributed by atoms with Gasteiger partial charge >= 0.3 is 0 Å². The van der Waals surface area contributed by atoms with E-state index in [1.54, 1.807) is 6.20 Å². The van der Waals surface area contributed by atoms with Gasteiger partial charge in [-0.2, -0.15) is 0 Å². The zero-order valence-electron chi connectivity index (χ0n) is 17.7. The topological polar surface area (TPSA) is 61.4 Å². The van der Waals surface area contributed by atoms with Gasteiger partial charge in [-0.15, -0.1) is 0 Å². The minimum Gasteiger partial charge on any atom is -0.370 e. The molecule has 30 heavy (non-hydrogen) atoms. The molecule has 1 N–H and O–H groups in total. The molecule has 6 nitrogen and oxygen atoms in total. The van der Waals surface area contributed by atoms with E-state index in [4.69, 9.17) is 0 Å². The van der Waals surface area contributed by atoms with Crippen LogP contribution in [0, 0.1) is 6.92 Å². The molecule has 154 valence electrons. The molecule has 2 heterocycles. The third-order valence-corrected chi connectivity index (χ3v) is 5.64. The van der Waals surface area contributed by atoms with Crippen molar-refractivity contribution in [3.8, 4) is 11.4 Å². The highest BCUT2D eigenvalue weighted by Crippen LogP contribution is 2.24.